The van der Waals surface area contributed by atoms with Crippen LogP contribution in [0, 0.1) is 0 Å². The molecule has 41 heavy (non-hydrogen) atoms. The number of amides is 1. The van der Waals surface area contributed by atoms with Crippen molar-refractivity contribution in [3.63, 3.8) is 0 Å². The van der Waals surface area contributed by atoms with Gasteiger partial charge in [-0.25, -0.2) is 14.8 Å². The topological polar surface area (TPSA) is 86.5 Å². The Balaban J connectivity index is 1.51. The Kier molecular flexibility index (Phi) is 7.15. The largest absolute Gasteiger partial charge is 0.465 e. The van der Waals surface area contributed by atoms with Crippen molar-refractivity contribution in [3.05, 3.63) is 126 Å². The Morgan fingerprint density at radius 1 is 0.854 bits per heavy atom. The summed E-state index contributed by atoms with van der Waals surface area (Å²) >= 11 is 0. The Bertz CT molecular complexity index is 1520. The van der Waals surface area contributed by atoms with E-state index in [1.54, 1.807) is 6.33 Å². The number of piperidine rings is 1. The van der Waals surface area contributed by atoms with Crippen LogP contribution >= 0.6 is 0 Å². The van der Waals surface area contributed by atoms with E-state index in [1.807, 2.05) is 32.3 Å². The van der Waals surface area contributed by atoms with E-state index in [0.717, 1.165) is 34.1 Å². The van der Waals surface area contributed by atoms with Gasteiger partial charge in [-0.3, -0.25) is 0 Å². The van der Waals surface area contributed by atoms with Gasteiger partial charge < -0.3 is 24.8 Å². The maximum Gasteiger partial charge on any atom is 0.407 e. The van der Waals surface area contributed by atoms with Crippen LogP contribution in [-0.2, 0) is 5.54 Å². The minimum atomic E-state index is -0.902. The minimum Gasteiger partial charge on any atom is -0.465 e. The van der Waals surface area contributed by atoms with E-state index in [4.69, 9.17) is 4.98 Å². The summed E-state index contributed by atoms with van der Waals surface area (Å²) in [6, 6.07) is 33.6. The van der Waals surface area contributed by atoms with Crippen molar-refractivity contribution in [2.45, 2.75) is 24.0 Å². The van der Waals surface area contributed by atoms with Crippen LogP contribution in [0.3, 0.4) is 0 Å². The van der Waals surface area contributed by atoms with Gasteiger partial charge in [0.1, 0.15) is 23.3 Å². The highest BCUT2D eigenvalue weighted by atomic mass is 16.4. The van der Waals surface area contributed by atoms with Gasteiger partial charge in [-0.2, -0.15) is 0 Å². The molecule has 8 heteroatoms. The fraction of sp³-hybridized carbons (Fsp3) is 0.242. The molecule has 2 unspecified atom stereocenters. The molecule has 8 nitrogen and oxygen atoms in total. The van der Waals surface area contributed by atoms with Crippen molar-refractivity contribution in [2.75, 3.05) is 32.5 Å². The molecule has 3 heterocycles. The lowest BCUT2D eigenvalue weighted by Gasteiger charge is -2.39. The summed E-state index contributed by atoms with van der Waals surface area (Å²) < 4.78 is 2.24. The Hall–Kier alpha value is -4.69. The lowest BCUT2D eigenvalue weighted by Crippen LogP contribution is -2.54. The van der Waals surface area contributed by atoms with Crippen molar-refractivity contribution in [1.82, 2.24) is 24.3 Å². The van der Waals surface area contributed by atoms with Crippen LogP contribution in [-0.4, -0.2) is 74.8 Å². The number of aromatic nitrogens is 3. The fourth-order valence-electron chi connectivity index (χ4n) is 6.19. The van der Waals surface area contributed by atoms with Gasteiger partial charge in [-0.05, 0) is 43.3 Å². The molecule has 2 N–H and O–H groups in total. The number of hydrogen-bond acceptors (Lipinski definition) is 5. The number of hydrogen-bond donors (Lipinski definition) is 2. The number of nitrogens with one attached hydrogen (secondary N) is 1. The van der Waals surface area contributed by atoms with Gasteiger partial charge in [0, 0.05) is 31.4 Å². The van der Waals surface area contributed by atoms with E-state index in [0.29, 0.717) is 18.9 Å². The van der Waals surface area contributed by atoms with Crippen LogP contribution in [0.25, 0.3) is 11.0 Å². The van der Waals surface area contributed by atoms with Crippen LogP contribution in [0.1, 0.15) is 23.1 Å². The highest BCUT2D eigenvalue weighted by Crippen LogP contribution is 2.43. The number of fused-ring (bicyclic) bond motifs is 1. The first-order valence-corrected chi connectivity index (χ1v) is 13.9. The van der Waals surface area contributed by atoms with Gasteiger partial charge in [0.25, 0.3) is 0 Å². The minimum absolute atomic E-state index is 0.0872. The van der Waals surface area contributed by atoms with E-state index in [-0.39, 0.29) is 12.1 Å². The quantitative estimate of drug-likeness (QED) is 0.267. The molecular weight excluding hydrogens is 512 g/mol. The third-order valence-corrected chi connectivity index (χ3v) is 8.19. The fourth-order valence-corrected chi connectivity index (χ4v) is 6.19. The Labute approximate surface area is 239 Å². The van der Waals surface area contributed by atoms with Crippen LogP contribution in [0.2, 0.25) is 0 Å². The molecule has 5 aromatic rings. The summed E-state index contributed by atoms with van der Waals surface area (Å²) in [5, 5.41) is 14.2. The number of likely N-dealkylation sites (N-methyl/N-ethyl adjacent to an activating group) is 1. The SMILES string of the molecule is CN(C)C1CC(Nc2ncnc3c2ccn3C(c2ccccc2)(c2ccccc2)c2ccccc2)CN(C(=O)O)C1. The van der Waals surface area contributed by atoms with Gasteiger partial charge in [0.2, 0.25) is 0 Å². The summed E-state index contributed by atoms with van der Waals surface area (Å²) in [7, 11) is 3.98. The highest BCUT2D eigenvalue weighted by molar-refractivity contribution is 5.88. The zero-order chi connectivity index (χ0) is 28.4. The third kappa shape index (κ3) is 4.80. The van der Waals surface area contributed by atoms with Crippen LogP contribution in [0.5, 0.6) is 0 Å². The van der Waals surface area contributed by atoms with E-state index < -0.39 is 11.6 Å². The van der Waals surface area contributed by atoms with Gasteiger partial charge in [-0.15, -0.1) is 0 Å². The highest BCUT2D eigenvalue weighted by Gasteiger charge is 2.39. The van der Waals surface area contributed by atoms with Gasteiger partial charge in [-0.1, -0.05) is 91.0 Å². The van der Waals surface area contributed by atoms with Crippen molar-refractivity contribution >= 4 is 22.9 Å². The second kappa shape index (κ2) is 11.1. The monoisotopic (exact) mass is 546 g/mol. The number of likely N-dealkylation sites (tertiary alicyclic amines) is 1. The number of benzene rings is 3. The van der Waals surface area contributed by atoms with E-state index in [2.05, 4.69) is 105 Å². The molecule has 0 aliphatic carbocycles. The molecule has 2 aromatic heterocycles. The maximum atomic E-state index is 11.9. The first-order chi connectivity index (χ1) is 20.0. The second-order valence-electron chi connectivity index (χ2n) is 10.8. The molecule has 6 rings (SSSR count). The smallest absolute Gasteiger partial charge is 0.407 e. The molecule has 0 spiro atoms. The number of carbonyl (C=O) groups is 1. The third-order valence-electron chi connectivity index (χ3n) is 8.19. The first kappa shape index (κ1) is 26.5. The predicted octanol–water partition coefficient (Wildman–Crippen LogP) is 5.37. The van der Waals surface area contributed by atoms with Gasteiger partial charge in [0.15, 0.2) is 0 Å². The molecule has 3 aromatic carbocycles. The summed E-state index contributed by atoms with van der Waals surface area (Å²) in [6.45, 7) is 0.887. The molecule has 1 saturated heterocycles. The van der Waals surface area contributed by atoms with Crippen molar-refractivity contribution < 1.29 is 9.90 Å². The predicted molar refractivity (Wildman–Crippen MR) is 161 cm³/mol. The maximum absolute atomic E-state index is 11.9. The molecule has 1 amide bonds. The van der Waals surface area contributed by atoms with Gasteiger partial charge in [0.05, 0.1) is 5.39 Å². The average Bonchev–Trinajstić information content (AvgIpc) is 3.44. The molecule has 0 bridgehead atoms. The van der Waals surface area contributed by atoms with Crippen molar-refractivity contribution in [1.29, 1.82) is 0 Å². The first-order valence-electron chi connectivity index (χ1n) is 13.9. The molecular formula is C33H34N6O2. The molecule has 1 fully saturated rings. The van der Waals surface area contributed by atoms with Crippen LogP contribution < -0.4 is 5.32 Å². The zero-order valence-corrected chi connectivity index (χ0v) is 23.3. The summed E-state index contributed by atoms with van der Waals surface area (Å²) in [4.78, 5) is 24.9. The van der Waals surface area contributed by atoms with Gasteiger partial charge >= 0.3 is 6.09 Å². The van der Waals surface area contributed by atoms with E-state index >= 15 is 0 Å². The number of anilines is 1. The normalized spacial score (nSPS) is 17.6. The summed E-state index contributed by atoms with van der Waals surface area (Å²) in [5.74, 6) is 0.701. The number of nitrogens with zero attached hydrogens (tertiary/aromatic N) is 5. The summed E-state index contributed by atoms with van der Waals surface area (Å²) in [6.07, 6.45) is 3.59. The lowest BCUT2D eigenvalue weighted by molar-refractivity contribution is 0.101. The molecule has 2 atom stereocenters. The molecule has 208 valence electrons. The number of rotatable bonds is 7. The van der Waals surface area contributed by atoms with E-state index in [9.17, 15) is 9.90 Å². The Morgan fingerprint density at radius 2 is 1.41 bits per heavy atom. The van der Waals surface area contributed by atoms with Crippen molar-refractivity contribution in [3.8, 4) is 0 Å². The molecule has 0 radical (unpaired) electrons. The lowest BCUT2D eigenvalue weighted by atomic mass is 9.76. The standard InChI is InChI=1S/C33H34N6O2/c1-37(2)28-20-27(21-38(22-28)32(40)41)36-30-29-18-19-39(31(29)35-23-34-30)33(24-12-6-3-7-13-24,25-14-8-4-9-15-25)26-16-10-5-11-17-26/h3-19,23,27-28H,20-22H2,1-2H3,(H,40,41)(H,34,35,36). The van der Waals surface area contributed by atoms with Crippen LogP contribution in [0.15, 0.2) is 110 Å². The molecule has 1 aliphatic rings. The Morgan fingerprint density at radius 3 is 1.93 bits per heavy atom. The zero-order valence-electron chi connectivity index (χ0n) is 23.3. The van der Waals surface area contributed by atoms with Crippen molar-refractivity contribution in [2.24, 2.45) is 0 Å². The average molecular weight is 547 g/mol. The van der Waals surface area contributed by atoms with E-state index in [1.165, 1.54) is 4.90 Å². The van der Waals surface area contributed by atoms with Crippen LogP contribution in [0.4, 0.5) is 10.6 Å². The molecule has 0 saturated carbocycles. The second-order valence-corrected chi connectivity index (χ2v) is 10.8. The summed E-state index contributed by atoms with van der Waals surface area (Å²) in [5.41, 5.74) is 3.43. The number of carboxylic acid groups (broad SMARTS) is 1. The molecule has 1 aliphatic heterocycles.